The molecule has 39 heavy (non-hydrogen) atoms. The molecule has 1 aliphatic carbocycles. The maximum atomic E-state index is 9.76. The minimum atomic E-state index is -1.18. The van der Waals surface area contributed by atoms with Crippen LogP contribution in [0.5, 0.6) is 0 Å². The summed E-state index contributed by atoms with van der Waals surface area (Å²) in [6, 6.07) is 11.4. The molecule has 0 radical (unpaired) electrons. The Balaban J connectivity index is 2.05. The normalized spacial score (nSPS) is 21.7. The molecule has 0 N–H and O–H groups in total. The lowest BCUT2D eigenvalue weighted by atomic mass is 9.89. The van der Waals surface area contributed by atoms with Gasteiger partial charge in [-0.1, -0.05) is 35.9 Å². The van der Waals surface area contributed by atoms with Gasteiger partial charge in [-0.2, -0.15) is 31.6 Å². The monoisotopic (exact) mass is 534 g/mol. The average molecular weight is 535 g/mol. The van der Waals surface area contributed by atoms with Gasteiger partial charge in [-0.15, -0.1) is 0 Å². The summed E-state index contributed by atoms with van der Waals surface area (Å²) in [5.74, 6) is -1.16. The molecule has 0 amide bonds. The van der Waals surface area contributed by atoms with E-state index in [-0.39, 0.29) is 28.2 Å². The van der Waals surface area contributed by atoms with Crippen LogP contribution in [0.3, 0.4) is 0 Å². The number of nitrogens with zero attached hydrogens (tertiary/aromatic N) is 6. The molecule has 0 saturated carbocycles. The zero-order valence-corrected chi connectivity index (χ0v) is 22.6. The lowest BCUT2D eigenvalue weighted by Crippen LogP contribution is -2.22. The Morgan fingerprint density at radius 2 is 1.49 bits per heavy atom. The smallest absolute Gasteiger partial charge is 0.191 e. The molecule has 0 spiro atoms. The van der Waals surface area contributed by atoms with Crippen molar-refractivity contribution >= 4 is 11.6 Å². The Morgan fingerprint density at radius 3 is 2.05 bits per heavy atom. The van der Waals surface area contributed by atoms with Gasteiger partial charge in [-0.25, -0.2) is 0 Å². The third-order valence-corrected chi connectivity index (χ3v) is 7.07. The van der Waals surface area contributed by atoms with Crippen molar-refractivity contribution in [2.75, 3.05) is 0 Å². The largest absolute Gasteiger partial charge is 0.484 e. The average Bonchev–Trinajstić information content (AvgIpc) is 3.31. The number of ether oxygens (including phenoxy) is 2. The zero-order valence-electron chi connectivity index (χ0n) is 21.9. The van der Waals surface area contributed by atoms with Gasteiger partial charge in [0, 0.05) is 16.2 Å². The second-order valence-electron chi connectivity index (χ2n) is 9.89. The molecule has 192 valence electrons. The van der Waals surface area contributed by atoms with Crippen molar-refractivity contribution in [2.45, 2.75) is 58.2 Å². The Morgan fingerprint density at radius 1 is 0.846 bits per heavy atom. The van der Waals surface area contributed by atoms with Crippen LogP contribution in [0.25, 0.3) is 0 Å². The van der Waals surface area contributed by atoms with Gasteiger partial charge >= 0.3 is 0 Å². The first-order valence-electron chi connectivity index (χ1n) is 12.0. The van der Waals surface area contributed by atoms with Gasteiger partial charge < -0.3 is 9.47 Å². The number of allylic oxidation sites excluding steroid dienone is 9. The van der Waals surface area contributed by atoms with Gasteiger partial charge in [0.2, 0.25) is 0 Å². The predicted octanol–water partition coefficient (Wildman–Crippen LogP) is 6.25. The van der Waals surface area contributed by atoms with Gasteiger partial charge in [0.05, 0.1) is 17.7 Å². The van der Waals surface area contributed by atoms with Crippen molar-refractivity contribution in [1.29, 1.82) is 31.6 Å². The maximum Gasteiger partial charge on any atom is 0.191 e. The van der Waals surface area contributed by atoms with E-state index in [0.717, 1.165) is 17.6 Å². The fourth-order valence-electron chi connectivity index (χ4n) is 4.62. The summed E-state index contributed by atoms with van der Waals surface area (Å²) in [7, 11) is 0. The van der Waals surface area contributed by atoms with Gasteiger partial charge in [0.25, 0.3) is 0 Å². The van der Waals surface area contributed by atoms with Crippen LogP contribution in [0.1, 0.15) is 47.0 Å². The molecule has 0 fully saturated rings. The van der Waals surface area contributed by atoms with Crippen molar-refractivity contribution in [3.63, 3.8) is 0 Å². The number of rotatable bonds is 4. The van der Waals surface area contributed by atoms with Gasteiger partial charge in [0.1, 0.15) is 46.8 Å². The van der Waals surface area contributed by atoms with E-state index in [4.69, 9.17) is 21.1 Å². The van der Waals surface area contributed by atoms with E-state index >= 15 is 0 Å². The van der Waals surface area contributed by atoms with Crippen LogP contribution in [0.2, 0.25) is 0 Å². The van der Waals surface area contributed by atoms with Crippen molar-refractivity contribution < 1.29 is 9.47 Å². The highest BCUT2D eigenvalue weighted by Gasteiger charge is 2.41. The van der Waals surface area contributed by atoms with E-state index in [2.05, 4.69) is 12.1 Å². The van der Waals surface area contributed by atoms with Crippen molar-refractivity contribution in [3.05, 3.63) is 79.9 Å². The number of halogens is 1. The molecule has 0 bridgehead atoms. The highest BCUT2D eigenvalue weighted by Crippen LogP contribution is 2.43. The van der Waals surface area contributed by atoms with Crippen LogP contribution in [0, 0.1) is 73.9 Å². The van der Waals surface area contributed by atoms with Crippen molar-refractivity contribution in [2.24, 2.45) is 5.92 Å². The molecule has 0 unspecified atom stereocenters. The molecule has 8 nitrogen and oxygen atoms in total. The molecule has 3 aliphatic rings. The summed E-state index contributed by atoms with van der Waals surface area (Å²) in [6.07, 6.45) is 9.31. The van der Waals surface area contributed by atoms with Crippen LogP contribution in [0.15, 0.2) is 79.9 Å². The molecular weight excluding hydrogens is 512 g/mol. The lowest BCUT2D eigenvalue weighted by molar-refractivity contribution is 0.0805. The van der Waals surface area contributed by atoms with Crippen LogP contribution >= 0.6 is 11.6 Å². The molecule has 2 aliphatic heterocycles. The second kappa shape index (κ2) is 11.2. The van der Waals surface area contributed by atoms with Crippen LogP contribution < -0.4 is 0 Å². The summed E-state index contributed by atoms with van der Waals surface area (Å²) < 4.78 is 11.7. The van der Waals surface area contributed by atoms with E-state index in [9.17, 15) is 31.6 Å². The van der Waals surface area contributed by atoms with Crippen molar-refractivity contribution in [1.82, 2.24) is 0 Å². The van der Waals surface area contributed by atoms with Crippen molar-refractivity contribution in [3.8, 4) is 36.4 Å². The van der Waals surface area contributed by atoms with Crippen LogP contribution in [-0.2, 0) is 9.47 Å². The molecule has 0 aromatic heterocycles. The molecule has 0 aromatic rings. The zero-order chi connectivity index (χ0) is 29.0. The van der Waals surface area contributed by atoms with Gasteiger partial charge in [-0.05, 0) is 58.1 Å². The van der Waals surface area contributed by atoms with E-state index < -0.39 is 17.1 Å². The lowest BCUT2D eigenvalue weighted by Gasteiger charge is -2.22. The Hall–Kier alpha value is -4.99. The summed E-state index contributed by atoms with van der Waals surface area (Å²) in [4.78, 5) is 0. The van der Waals surface area contributed by atoms with E-state index in [1.54, 1.807) is 52.0 Å². The first-order valence-corrected chi connectivity index (χ1v) is 12.4. The molecule has 0 aromatic carbocycles. The minimum absolute atomic E-state index is 0.0276. The highest BCUT2D eigenvalue weighted by molar-refractivity contribution is 6.32. The van der Waals surface area contributed by atoms with E-state index in [1.807, 2.05) is 24.3 Å². The van der Waals surface area contributed by atoms with Crippen LogP contribution in [-0.4, -0.2) is 11.2 Å². The van der Waals surface area contributed by atoms with Gasteiger partial charge in [-0.3, -0.25) is 0 Å². The third-order valence-electron chi connectivity index (χ3n) is 6.58. The Labute approximate surface area is 232 Å². The topological polar surface area (TPSA) is 161 Å². The molecule has 0 saturated heterocycles. The minimum Gasteiger partial charge on any atom is -0.484 e. The standard InChI is InChI=1S/C30H23ClN6O2/c1-29(2)24(22(16-36)27(38-29)20(12-32)13-33)10-8-18-6-5-7-19(26(18)31)9-11-25-23(17-37)28(21(14-34)15-35)39-30(25,3)4/h8-11,20H,5-7H2,1-4H3/b11-9+,18-8+,24-10-. The van der Waals surface area contributed by atoms with Crippen LogP contribution in [0.4, 0.5) is 0 Å². The Kier molecular flexibility index (Phi) is 8.19. The summed E-state index contributed by atoms with van der Waals surface area (Å²) >= 11 is 6.78. The Bertz CT molecular complexity index is 1570. The molecule has 0 atom stereocenters. The summed E-state index contributed by atoms with van der Waals surface area (Å²) in [6.45, 7) is 7.03. The quantitative estimate of drug-likeness (QED) is 0.382. The maximum absolute atomic E-state index is 9.76. The SMILES string of the molecule is CC1(C)OC(=C(C#N)C#N)C(C#N)=C1/C=C/C1=C(Cl)C(=C/C=C2/C(C#N)=C(C(C#N)C#N)OC2(C)C)/CCC1. The summed E-state index contributed by atoms with van der Waals surface area (Å²) in [5.41, 5.74) is 0.932. The van der Waals surface area contributed by atoms with Gasteiger partial charge in [0.15, 0.2) is 17.3 Å². The fourth-order valence-corrected chi connectivity index (χ4v) is 4.94. The molecular formula is C30H23ClN6O2. The highest BCUT2D eigenvalue weighted by atomic mass is 35.5. The molecule has 3 rings (SSSR count). The number of nitriles is 6. The predicted molar refractivity (Wildman–Crippen MR) is 141 cm³/mol. The molecule has 9 heteroatoms. The third kappa shape index (κ3) is 5.35. The number of hydrogen-bond donors (Lipinski definition) is 0. The fraction of sp³-hybridized carbons (Fsp3) is 0.333. The first-order chi connectivity index (χ1) is 18.5. The van der Waals surface area contributed by atoms with E-state index in [0.29, 0.717) is 29.0 Å². The molecule has 2 heterocycles. The second-order valence-corrected chi connectivity index (χ2v) is 10.3. The number of hydrogen-bond acceptors (Lipinski definition) is 8. The summed E-state index contributed by atoms with van der Waals surface area (Å²) in [5, 5.41) is 57.2. The van der Waals surface area contributed by atoms with E-state index in [1.165, 1.54) is 0 Å². The first kappa shape index (κ1) is 28.6.